The third-order valence-electron chi connectivity index (χ3n) is 10.2. The molecule has 0 N–H and O–H groups in total. The zero-order chi connectivity index (χ0) is 29.9. The third kappa shape index (κ3) is 6.30. The van der Waals surface area contributed by atoms with E-state index < -0.39 is 28.1 Å². The van der Waals surface area contributed by atoms with E-state index in [-0.39, 0.29) is 29.1 Å². The van der Waals surface area contributed by atoms with E-state index in [4.69, 9.17) is 0 Å². The van der Waals surface area contributed by atoms with Gasteiger partial charge in [0.05, 0.1) is 11.3 Å². The Balaban J connectivity index is 2.90. The van der Waals surface area contributed by atoms with Crippen molar-refractivity contribution in [1.82, 2.24) is 0 Å². The first kappa shape index (κ1) is 33.9. The van der Waals surface area contributed by atoms with E-state index in [2.05, 4.69) is 62.3 Å². The molecule has 0 aromatic rings. The molecule has 4 nitrogen and oxygen atoms in total. The highest BCUT2D eigenvalue weighted by Gasteiger charge is 2.78. The fraction of sp³-hybridized carbons (Fsp3) is 0.886. The Bertz CT molecular complexity index is 896. The Hall–Kier alpha value is -1.32. The normalized spacial score (nSPS) is 31.4. The molecular formula is C35H60O4. The lowest BCUT2D eigenvalue weighted by Gasteiger charge is -2.62. The van der Waals surface area contributed by atoms with E-state index in [1.165, 1.54) is 0 Å². The lowest BCUT2D eigenvalue weighted by molar-refractivity contribution is -0.192. The summed E-state index contributed by atoms with van der Waals surface area (Å²) in [5.41, 5.74) is -3.71. The van der Waals surface area contributed by atoms with Crippen LogP contribution >= 0.6 is 0 Å². The van der Waals surface area contributed by atoms with Crippen LogP contribution in [0.15, 0.2) is 0 Å². The zero-order valence-electron chi connectivity index (χ0n) is 27.2. The summed E-state index contributed by atoms with van der Waals surface area (Å²) in [5.74, 6) is -0.738. The molecule has 2 rings (SSSR count). The molecule has 0 saturated heterocycles. The standard InChI is InChI=1S/C35H60O4/c1-22(2)13-12-19-33(11)27(16-14-23(3)4)21-34(20-18-25(7)8)30(37)28(17-15-24(5)6)31(38)35(33,32(34)39)29(36)26(9)10/h22-28H,12-21H2,1-11H3/t27-,28?,33?,34-,35+/m0/s1. The highest BCUT2D eigenvalue weighted by Crippen LogP contribution is 2.67. The molecule has 0 heterocycles. The van der Waals surface area contributed by atoms with Crippen LogP contribution in [-0.2, 0) is 19.2 Å². The lowest BCUT2D eigenvalue weighted by atomic mass is 9.35. The predicted molar refractivity (Wildman–Crippen MR) is 160 cm³/mol. The Kier molecular flexibility index (Phi) is 11.4. The van der Waals surface area contributed by atoms with Gasteiger partial charge in [0.15, 0.2) is 28.5 Å². The molecule has 0 radical (unpaired) electrons. The summed E-state index contributed by atoms with van der Waals surface area (Å²) in [4.78, 5) is 58.9. The molecule has 0 aliphatic heterocycles. The number of hydrogen-bond donors (Lipinski definition) is 0. The Labute approximate surface area is 240 Å². The second-order valence-electron chi connectivity index (χ2n) is 15.4. The smallest absolute Gasteiger partial charge is 0.168 e. The number of fused-ring (bicyclic) bond motifs is 2. The van der Waals surface area contributed by atoms with Crippen molar-refractivity contribution in [1.29, 1.82) is 0 Å². The van der Waals surface area contributed by atoms with Crippen LogP contribution in [0.3, 0.4) is 0 Å². The van der Waals surface area contributed by atoms with Gasteiger partial charge in [0.25, 0.3) is 0 Å². The number of carbonyl (C=O) groups excluding carboxylic acids is 4. The highest BCUT2D eigenvalue weighted by atomic mass is 16.2. The van der Waals surface area contributed by atoms with Gasteiger partial charge in [-0.15, -0.1) is 0 Å². The van der Waals surface area contributed by atoms with Gasteiger partial charge in [-0.3, -0.25) is 19.2 Å². The van der Waals surface area contributed by atoms with Crippen LogP contribution in [-0.4, -0.2) is 23.1 Å². The summed E-state index contributed by atoms with van der Waals surface area (Å²) in [6, 6.07) is 0. The maximum Gasteiger partial charge on any atom is 0.168 e. The number of carbonyl (C=O) groups is 4. The maximum atomic E-state index is 15.0. The molecule has 2 aliphatic carbocycles. The van der Waals surface area contributed by atoms with Crippen molar-refractivity contribution < 1.29 is 19.2 Å². The van der Waals surface area contributed by atoms with Gasteiger partial charge in [0, 0.05) is 5.92 Å². The van der Waals surface area contributed by atoms with Crippen molar-refractivity contribution in [2.45, 2.75) is 140 Å². The maximum absolute atomic E-state index is 15.0. The molecule has 5 atom stereocenters. The minimum atomic E-state index is -1.72. The van der Waals surface area contributed by atoms with E-state index in [1.807, 2.05) is 13.8 Å². The molecule has 2 fully saturated rings. The van der Waals surface area contributed by atoms with Crippen molar-refractivity contribution >= 4 is 23.1 Å². The number of Topliss-reactive ketones (excluding diaryl/α,β-unsaturated/α-hetero) is 4. The van der Waals surface area contributed by atoms with Crippen molar-refractivity contribution in [2.24, 2.45) is 57.7 Å². The van der Waals surface area contributed by atoms with E-state index >= 15 is 4.79 Å². The van der Waals surface area contributed by atoms with E-state index in [9.17, 15) is 14.4 Å². The summed E-state index contributed by atoms with van der Waals surface area (Å²) < 4.78 is 0. The molecular weight excluding hydrogens is 484 g/mol. The van der Waals surface area contributed by atoms with Gasteiger partial charge in [-0.1, -0.05) is 95.4 Å². The van der Waals surface area contributed by atoms with Gasteiger partial charge >= 0.3 is 0 Å². The molecule has 2 saturated carbocycles. The first-order chi connectivity index (χ1) is 18.0. The molecule has 0 spiro atoms. The Morgan fingerprint density at radius 3 is 1.72 bits per heavy atom. The van der Waals surface area contributed by atoms with Crippen LogP contribution in [0.25, 0.3) is 0 Å². The molecule has 0 aromatic carbocycles. The van der Waals surface area contributed by atoms with Gasteiger partial charge in [0.2, 0.25) is 0 Å². The largest absolute Gasteiger partial charge is 0.298 e. The van der Waals surface area contributed by atoms with E-state index in [1.54, 1.807) is 0 Å². The van der Waals surface area contributed by atoms with Crippen molar-refractivity contribution in [3.05, 3.63) is 0 Å². The van der Waals surface area contributed by atoms with Crippen LogP contribution in [0, 0.1) is 57.7 Å². The fourth-order valence-electron chi connectivity index (χ4n) is 7.79. The second-order valence-corrected chi connectivity index (χ2v) is 15.4. The van der Waals surface area contributed by atoms with E-state index in [0.29, 0.717) is 49.4 Å². The predicted octanol–water partition coefficient (Wildman–Crippen LogP) is 8.68. The minimum Gasteiger partial charge on any atom is -0.298 e. The molecule has 39 heavy (non-hydrogen) atoms. The second kappa shape index (κ2) is 13.1. The minimum absolute atomic E-state index is 0.0152. The van der Waals surface area contributed by atoms with Crippen molar-refractivity contribution in [2.75, 3.05) is 0 Å². The van der Waals surface area contributed by atoms with Crippen LogP contribution in [0.5, 0.6) is 0 Å². The molecule has 0 aromatic heterocycles. The van der Waals surface area contributed by atoms with Crippen molar-refractivity contribution in [3.63, 3.8) is 0 Å². The first-order valence-corrected chi connectivity index (χ1v) is 16.2. The van der Waals surface area contributed by atoms with E-state index in [0.717, 1.165) is 38.5 Å². The van der Waals surface area contributed by atoms with Crippen LogP contribution in [0.1, 0.15) is 140 Å². The summed E-state index contributed by atoms with van der Waals surface area (Å²) in [6.45, 7) is 23.0. The topological polar surface area (TPSA) is 68.3 Å². The van der Waals surface area contributed by atoms with Gasteiger partial charge in [-0.25, -0.2) is 0 Å². The third-order valence-corrected chi connectivity index (χ3v) is 10.2. The average Bonchev–Trinajstić information content (AvgIpc) is 2.81. The number of hydrogen-bond acceptors (Lipinski definition) is 4. The van der Waals surface area contributed by atoms with Crippen LogP contribution < -0.4 is 0 Å². The molecule has 4 heteroatoms. The summed E-state index contributed by atoms with van der Waals surface area (Å²) in [7, 11) is 0. The Morgan fingerprint density at radius 2 is 1.23 bits per heavy atom. The summed E-state index contributed by atoms with van der Waals surface area (Å²) in [6.07, 6.45) is 7.24. The molecule has 2 unspecified atom stereocenters. The van der Waals surface area contributed by atoms with Gasteiger partial charge < -0.3 is 0 Å². The number of rotatable bonds is 15. The molecule has 0 amide bonds. The Morgan fingerprint density at radius 1 is 0.718 bits per heavy atom. The van der Waals surface area contributed by atoms with Crippen LogP contribution in [0.2, 0.25) is 0 Å². The SMILES string of the molecule is CC(C)CCCC1(C)[C@@H](CCC(C)C)C[C@@]2(CCC(C)C)C(=O)C(CCC(C)C)C(=O)[C@]1(C(=O)C(C)C)C2=O. The highest BCUT2D eigenvalue weighted by molar-refractivity contribution is 6.38. The van der Waals surface area contributed by atoms with Crippen LogP contribution in [0.4, 0.5) is 0 Å². The fourth-order valence-corrected chi connectivity index (χ4v) is 7.79. The van der Waals surface area contributed by atoms with Gasteiger partial charge in [0.1, 0.15) is 0 Å². The molecule has 224 valence electrons. The monoisotopic (exact) mass is 544 g/mol. The van der Waals surface area contributed by atoms with Gasteiger partial charge in [-0.05, 0) is 80.0 Å². The first-order valence-electron chi connectivity index (χ1n) is 16.2. The molecule has 2 aliphatic rings. The lowest BCUT2D eigenvalue weighted by Crippen LogP contribution is -2.75. The zero-order valence-corrected chi connectivity index (χ0v) is 27.2. The molecule has 2 bridgehead atoms. The quantitative estimate of drug-likeness (QED) is 0.193. The number of ketones is 4. The summed E-state index contributed by atoms with van der Waals surface area (Å²) in [5, 5.41) is 0. The summed E-state index contributed by atoms with van der Waals surface area (Å²) >= 11 is 0. The van der Waals surface area contributed by atoms with Gasteiger partial charge in [-0.2, -0.15) is 0 Å². The van der Waals surface area contributed by atoms with Crippen molar-refractivity contribution in [3.8, 4) is 0 Å². The average molecular weight is 545 g/mol.